The van der Waals surface area contributed by atoms with Gasteiger partial charge in [0.2, 0.25) is 11.8 Å². The van der Waals surface area contributed by atoms with Crippen molar-refractivity contribution in [2.45, 2.75) is 26.8 Å². The minimum Gasteiger partial charge on any atom is -0.440 e. The molecule has 2 aromatic heterocycles. The van der Waals surface area contributed by atoms with E-state index in [0.29, 0.717) is 22.9 Å². The van der Waals surface area contributed by atoms with Crippen LogP contribution in [0.15, 0.2) is 40.1 Å². The average molecular weight is 344 g/mol. The molecule has 0 aliphatic carbocycles. The molecule has 1 aromatic carbocycles. The van der Waals surface area contributed by atoms with E-state index in [1.165, 1.54) is 17.4 Å². The molecule has 124 valence electrons. The zero-order valence-electron chi connectivity index (χ0n) is 13.4. The number of hydrogen-bond donors (Lipinski definition) is 1. The van der Waals surface area contributed by atoms with Gasteiger partial charge < -0.3 is 9.73 Å². The fraction of sp³-hybridized carbons (Fsp3) is 0.222. The van der Waals surface area contributed by atoms with Crippen molar-refractivity contribution in [2.75, 3.05) is 0 Å². The van der Waals surface area contributed by atoms with Crippen LogP contribution in [0, 0.1) is 19.7 Å². The summed E-state index contributed by atoms with van der Waals surface area (Å²) in [7, 11) is 0. The van der Waals surface area contributed by atoms with Crippen LogP contribution in [0.2, 0.25) is 0 Å². The van der Waals surface area contributed by atoms with Crippen LogP contribution in [0.25, 0.3) is 10.8 Å². The van der Waals surface area contributed by atoms with Crippen molar-refractivity contribution in [2.24, 2.45) is 0 Å². The summed E-state index contributed by atoms with van der Waals surface area (Å²) >= 11 is 1.53. The molecule has 4 nitrogen and oxygen atoms in total. The summed E-state index contributed by atoms with van der Waals surface area (Å²) < 4.78 is 19.1. The molecule has 0 spiro atoms. The van der Waals surface area contributed by atoms with E-state index < -0.39 is 0 Å². The maximum Gasteiger partial charge on any atom is 0.236 e. The number of benzene rings is 1. The Morgan fingerprint density at radius 3 is 2.88 bits per heavy atom. The summed E-state index contributed by atoms with van der Waals surface area (Å²) in [6.07, 6.45) is 0.134. The number of aryl methyl sites for hydroxylation is 2. The van der Waals surface area contributed by atoms with Crippen molar-refractivity contribution in [3.05, 3.63) is 64.1 Å². The van der Waals surface area contributed by atoms with E-state index in [1.807, 2.05) is 17.5 Å². The van der Waals surface area contributed by atoms with Crippen LogP contribution in [-0.2, 0) is 17.8 Å². The molecule has 0 fully saturated rings. The first kappa shape index (κ1) is 16.4. The van der Waals surface area contributed by atoms with Gasteiger partial charge in [-0.3, -0.25) is 4.79 Å². The summed E-state index contributed by atoms with van der Waals surface area (Å²) in [5.74, 6) is 0.723. The van der Waals surface area contributed by atoms with Crippen LogP contribution in [0.1, 0.15) is 22.6 Å². The predicted octanol–water partition coefficient (Wildman–Crippen LogP) is 4.02. The molecule has 0 saturated heterocycles. The van der Waals surface area contributed by atoms with Gasteiger partial charge in [-0.15, -0.1) is 11.3 Å². The molecule has 0 saturated carbocycles. The lowest BCUT2D eigenvalue weighted by molar-refractivity contribution is -0.120. The zero-order valence-corrected chi connectivity index (χ0v) is 14.2. The number of rotatable bonds is 5. The standard InChI is InChI=1S/C18H17FN2O2S/c1-11-5-6-13(8-14(11)19)10-20-17(22)9-15-12(2)23-18(21-15)16-4-3-7-24-16/h3-8H,9-10H2,1-2H3,(H,20,22). The highest BCUT2D eigenvalue weighted by atomic mass is 32.1. The van der Waals surface area contributed by atoms with Gasteiger partial charge in [0, 0.05) is 6.54 Å². The van der Waals surface area contributed by atoms with E-state index in [-0.39, 0.29) is 24.7 Å². The van der Waals surface area contributed by atoms with E-state index in [2.05, 4.69) is 10.3 Å². The van der Waals surface area contributed by atoms with Gasteiger partial charge in [0.05, 0.1) is 17.0 Å². The van der Waals surface area contributed by atoms with Crippen molar-refractivity contribution in [1.82, 2.24) is 10.3 Å². The number of nitrogens with one attached hydrogen (secondary N) is 1. The number of oxazole rings is 1. The van der Waals surface area contributed by atoms with Crippen LogP contribution < -0.4 is 5.32 Å². The lowest BCUT2D eigenvalue weighted by atomic mass is 10.1. The third-order valence-electron chi connectivity index (χ3n) is 3.68. The largest absolute Gasteiger partial charge is 0.440 e. The highest BCUT2D eigenvalue weighted by Gasteiger charge is 2.15. The Kier molecular flexibility index (Phi) is 4.76. The van der Waals surface area contributed by atoms with Crippen molar-refractivity contribution in [1.29, 1.82) is 0 Å². The SMILES string of the molecule is Cc1ccc(CNC(=O)Cc2nc(-c3cccs3)oc2C)cc1F. The van der Waals surface area contributed by atoms with Gasteiger partial charge in [0.1, 0.15) is 11.6 Å². The van der Waals surface area contributed by atoms with Crippen molar-refractivity contribution < 1.29 is 13.6 Å². The van der Waals surface area contributed by atoms with E-state index in [0.717, 1.165) is 10.4 Å². The first-order valence-electron chi connectivity index (χ1n) is 7.55. The predicted molar refractivity (Wildman–Crippen MR) is 91.2 cm³/mol. The van der Waals surface area contributed by atoms with Gasteiger partial charge in [0.15, 0.2) is 0 Å². The molecule has 0 bridgehead atoms. The van der Waals surface area contributed by atoms with E-state index in [9.17, 15) is 9.18 Å². The quantitative estimate of drug-likeness (QED) is 0.761. The van der Waals surface area contributed by atoms with Crippen molar-refractivity contribution in [3.8, 4) is 10.8 Å². The second kappa shape index (κ2) is 6.97. The molecule has 3 aromatic rings. The number of thiophene rings is 1. The Morgan fingerprint density at radius 1 is 1.33 bits per heavy atom. The van der Waals surface area contributed by atoms with E-state index in [1.54, 1.807) is 26.0 Å². The monoisotopic (exact) mass is 344 g/mol. The third-order valence-corrected chi connectivity index (χ3v) is 4.54. The molecule has 1 amide bonds. The number of carbonyl (C=O) groups is 1. The fourth-order valence-electron chi connectivity index (χ4n) is 2.26. The molecular formula is C18H17FN2O2S. The number of nitrogens with zero attached hydrogens (tertiary/aromatic N) is 1. The van der Waals surface area contributed by atoms with E-state index >= 15 is 0 Å². The molecule has 3 rings (SSSR count). The summed E-state index contributed by atoms with van der Waals surface area (Å²) in [5, 5.41) is 4.73. The highest BCUT2D eigenvalue weighted by molar-refractivity contribution is 7.13. The fourth-order valence-corrected chi connectivity index (χ4v) is 2.91. The third kappa shape index (κ3) is 3.71. The number of halogens is 1. The van der Waals surface area contributed by atoms with Crippen LogP contribution in [0.5, 0.6) is 0 Å². The number of aromatic nitrogens is 1. The minimum absolute atomic E-state index is 0.134. The summed E-state index contributed by atoms with van der Waals surface area (Å²) in [4.78, 5) is 17.4. The van der Waals surface area contributed by atoms with Crippen LogP contribution in [0.4, 0.5) is 4.39 Å². The van der Waals surface area contributed by atoms with E-state index in [4.69, 9.17) is 4.42 Å². The highest BCUT2D eigenvalue weighted by Crippen LogP contribution is 2.26. The lowest BCUT2D eigenvalue weighted by Gasteiger charge is -2.05. The smallest absolute Gasteiger partial charge is 0.236 e. The Labute approximate surface area is 143 Å². The van der Waals surface area contributed by atoms with Crippen LogP contribution in [-0.4, -0.2) is 10.9 Å². The number of hydrogen-bond acceptors (Lipinski definition) is 4. The molecule has 0 radical (unpaired) electrons. The first-order chi connectivity index (χ1) is 11.5. The second-order valence-corrected chi connectivity index (χ2v) is 6.48. The van der Waals surface area contributed by atoms with Gasteiger partial charge in [-0.1, -0.05) is 18.2 Å². The molecular weight excluding hydrogens is 327 g/mol. The molecule has 24 heavy (non-hydrogen) atoms. The molecule has 0 unspecified atom stereocenters. The topological polar surface area (TPSA) is 55.1 Å². The molecule has 0 atom stereocenters. The summed E-state index contributed by atoms with van der Waals surface area (Å²) in [6.45, 7) is 3.78. The van der Waals surface area contributed by atoms with Crippen LogP contribution in [0.3, 0.4) is 0 Å². The molecule has 0 aliphatic rings. The Morgan fingerprint density at radius 2 is 2.17 bits per heavy atom. The Bertz CT molecular complexity index is 856. The normalized spacial score (nSPS) is 10.8. The molecule has 6 heteroatoms. The van der Waals surface area contributed by atoms with Gasteiger partial charge in [-0.05, 0) is 42.5 Å². The van der Waals surface area contributed by atoms with Crippen LogP contribution >= 0.6 is 11.3 Å². The summed E-state index contributed by atoms with van der Waals surface area (Å²) in [6, 6.07) is 8.78. The maximum atomic E-state index is 13.5. The molecule has 0 aliphatic heterocycles. The molecule has 1 N–H and O–H groups in total. The van der Waals surface area contributed by atoms with Gasteiger partial charge in [0.25, 0.3) is 0 Å². The summed E-state index contributed by atoms with van der Waals surface area (Å²) in [5.41, 5.74) is 1.93. The van der Waals surface area contributed by atoms with Crippen molar-refractivity contribution >= 4 is 17.2 Å². The Balaban J connectivity index is 1.61. The first-order valence-corrected chi connectivity index (χ1v) is 8.43. The number of carbonyl (C=O) groups excluding carboxylic acids is 1. The lowest BCUT2D eigenvalue weighted by Crippen LogP contribution is -2.25. The molecule has 2 heterocycles. The number of amides is 1. The second-order valence-electron chi connectivity index (χ2n) is 5.54. The van der Waals surface area contributed by atoms with Gasteiger partial charge in [-0.25, -0.2) is 9.37 Å². The Hall–Kier alpha value is -2.47. The zero-order chi connectivity index (χ0) is 17.1. The maximum absolute atomic E-state index is 13.5. The minimum atomic E-state index is -0.269. The van der Waals surface area contributed by atoms with Gasteiger partial charge >= 0.3 is 0 Å². The van der Waals surface area contributed by atoms with Gasteiger partial charge in [-0.2, -0.15) is 0 Å². The average Bonchev–Trinajstić information content (AvgIpc) is 3.19. The van der Waals surface area contributed by atoms with Crippen molar-refractivity contribution in [3.63, 3.8) is 0 Å².